The third-order valence-corrected chi connectivity index (χ3v) is 7.71. The standard InChI is InChI=1S/C31H39N5O5/c1-39-27-7-4-3-6-26(27)35-17-15-34(16-18-35)12-5-19-41-29-21-23(8-9-28(29)40-2)20-25(22-32)31(38)36-13-10-24(11-14-36)30(33)37/h3-4,6-9,20-21,24H,5,10-19H2,1-2H3,(H2,33,37)/b25-20+. The predicted octanol–water partition coefficient (Wildman–Crippen LogP) is 2.93. The first-order valence-electron chi connectivity index (χ1n) is 14.0. The summed E-state index contributed by atoms with van der Waals surface area (Å²) in [4.78, 5) is 30.8. The highest BCUT2D eigenvalue weighted by Crippen LogP contribution is 2.30. The zero-order valence-electron chi connectivity index (χ0n) is 23.9. The molecule has 2 aromatic rings. The SMILES string of the molecule is COc1ccc(/C=C(\C#N)C(=O)N2CCC(C(N)=O)CC2)cc1OCCCN1CCN(c2ccccc2OC)CC1. The first-order valence-corrected chi connectivity index (χ1v) is 14.0. The predicted molar refractivity (Wildman–Crippen MR) is 157 cm³/mol. The normalized spacial score (nSPS) is 16.7. The topological polar surface area (TPSA) is 121 Å². The van der Waals surface area contributed by atoms with E-state index in [1.54, 1.807) is 43.4 Å². The van der Waals surface area contributed by atoms with E-state index in [1.165, 1.54) is 0 Å². The van der Waals surface area contributed by atoms with Crippen LogP contribution in [0, 0.1) is 17.2 Å². The number of piperidine rings is 1. The van der Waals surface area contributed by atoms with Crippen LogP contribution in [-0.2, 0) is 9.59 Å². The number of hydrogen-bond donors (Lipinski definition) is 1. The summed E-state index contributed by atoms with van der Waals surface area (Å²) in [6, 6.07) is 15.5. The Hall–Kier alpha value is -4.23. The zero-order valence-corrected chi connectivity index (χ0v) is 23.9. The number of carbonyl (C=O) groups excluding carboxylic acids is 2. The molecule has 0 spiro atoms. The number of ether oxygens (including phenoxy) is 3. The van der Waals surface area contributed by atoms with Crippen molar-refractivity contribution in [3.8, 4) is 23.3 Å². The Morgan fingerprint density at radius 1 is 0.976 bits per heavy atom. The Bertz CT molecular complexity index is 1270. The summed E-state index contributed by atoms with van der Waals surface area (Å²) < 4.78 is 17.1. The summed E-state index contributed by atoms with van der Waals surface area (Å²) in [6.45, 7) is 6.03. The number of carbonyl (C=O) groups is 2. The number of hydrogen-bond acceptors (Lipinski definition) is 8. The van der Waals surface area contributed by atoms with Gasteiger partial charge in [-0.25, -0.2) is 0 Å². The molecule has 2 aliphatic heterocycles. The van der Waals surface area contributed by atoms with Gasteiger partial charge in [-0.05, 0) is 55.2 Å². The molecule has 2 saturated heterocycles. The molecule has 2 N–H and O–H groups in total. The van der Waals surface area contributed by atoms with E-state index in [-0.39, 0.29) is 23.3 Å². The van der Waals surface area contributed by atoms with Crippen LogP contribution in [0.2, 0.25) is 0 Å². The van der Waals surface area contributed by atoms with Crippen molar-refractivity contribution in [2.24, 2.45) is 11.7 Å². The number of piperazine rings is 1. The molecule has 10 heteroatoms. The van der Waals surface area contributed by atoms with Crippen molar-refractivity contribution < 1.29 is 23.8 Å². The van der Waals surface area contributed by atoms with Gasteiger partial charge in [-0.3, -0.25) is 14.5 Å². The minimum atomic E-state index is -0.348. The molecule has 0 aliphatic carbocycles. The molecule has 2 amide bonds. The second-order valence-electron chi connectivity index (χ2n) is 10.3. The fourth-order valence-corrected chi connectivity index (χ4v) is 5.32. The van der Waals surface area contributed by atoms with Crippen LogP contribution in [0.3, 0.4) is 0 Å². The van der Waals surface area contributed by atoms with E-state index in [2.05, 4.69) is 15.9 Å². The molecule has 0 saturated carbocycles. The lowest BCUT2D eigenvalue weighted by Crippen LogP contribution is -2.46. The van der Waals surface area contributed by atoms with Gasteiger partial charge in [0.2, 0.25) is 5.91 Å². The molecule has 218 valence electrons. The number of anilines is 1. The Labute approximate surface area is 241 Å². The number of nitrogens with zero attached hydrogens (tertiary/aromatic N) is 4. The Morgan fingerprint density at radius 3 is 2.34 bits per heavy atom. The van der Waals surface area contributed by atoms with Crippen molar-refractivity contribution in [2.75, 3.05) is 71.5 Å². The second-order valence-corrected chi connectivity index (χ2v) is 10.3. The van der Waals surface area contributed by atoms with E-state index in [9.17, 15) is 14.9 Å². The van der Waals surface area contributed by atoms with E-state index in [4.69, 9.17) is 19.9 Å². The Kier molecular flexibility index (Phi) is 10.5. The highest BCUT2D eigenvalue weighted by Gasteiger charge is 2.27. The van der Waals surface area contributed by atoms with Crippen molar-refractivity contribution in [2.45, 2.75) is 19.3 Å². The lowest BCUT2D eigenvalue weighted by Gasteiger charge is -2.36. The maximum Gasteiger partial charge on any atom is 0.264 e. The number of primary amides is 1. The van der Waals surface area contributed by atoms with Crippen molar-refractivity contribution in [1.29, 1.82) is 5.26 Å². The van der Waals surface area contributed by atoms with E-state index in [0.29, 0.717) is 49.6 Å². The van der Waals surface area contributed by atoms with Gasteiger partial charge in [-0.15, -0.1) is 0 Å². The number of rotatable bonds is 11. The summed E-state index contributed by atoms with van der Waals surface area (Å²) in [7, 11) is 3.29. The van der Waals surface area contributed by atoms with Crippen molar-refractivity contribution in [1.82, 2.24) is 9.80 Å². The number of benzene rings is 2. The summed E-state index contributed by atoms with van der Waals surface area (Å²) in [5.41, 5.74) is 7.23. The zero-order chi connectivity index (χ0) is 29.2. The van der Waals surface area contributed by atoms with Gasteiger partial charge in [0.25, 0.3) is 5.91 Å². The van der Waals surface area contributed by atoms with Crippen LogP contribution < -0.4 is 24.8 Å². The molecule has 4 rings (SSSR count). The summed E-state index contributed by atoms with van der Waals surface area (Å²) >= 11 is 0. The van der Waals surface area contributed by atoms with Crippen LogP contribution in [-0.4, -0.2) is 88.3 Å². The van der Waals surface area contributed by atoms with Crippen LogP contribution in [0.15, 0.2) is 48.0 Å². The monoisotopic (exact) mass is 561 g/mol. The van der Waals surface area contributed by atoms with Gasteiger partial charge < -0.3 is 29.7 Å². The van der Waals surface area contributed by atoms with Crippen LogP contribution >= 0.6 is 0 Å². The molecule has 2 aromatic carbocycles. The molecule has 0 bridgehead atoms. The second kappa shape index (κ2) is 14.4. The van der Waals surface area contributed by atoms with Crippen LogP contribution in [0.5, 0.6) is 17.2 Å². The van der Waals surface area contributed by atoms with E-state index in [1.807, 2.05) is 24.3 Å². The van der Waals surface area contributed by atoms with Crippen molar-refractivity contribution >= 4 is 23.6 Å². The molecule has 0 atom stereocenters. The molecular formula is C31H39N5O5. The number of likely N-dealkylation sites (tertiary alicyclic amines) is 1. The maximum atomic E-state index is 13.0. The van der Waals surface area contributed by atoms with Gasteiger partial charge in [0.15, 0.2) is 11.5 Å². The first kappa shape index (κ1) is 29.7. The maximum absolute atomic E-state index is 13.0. The largest absolute Gasteiger partial charge is 0.495 e. The highest BCUT2D eigenvalue weighted by molar-refractivity contribution is 6.01. The van der Waals surface area contributed by atoms with E-state index < -0.39 is 0 Å². The van der Waals surface area contributed by atoms with Crippen molar-refractivity contribution in [3.63, 3.8) is 0 Å². The number of para-hydroxylation sites is 2. The van der Waals surface area contributed by atoms with Crippen LogP contribution in [0.4, 0.5) is 5.69 Å². The minimum Gasteiger partial charge on any atom is -0.495 e. The van der Waals surface area contributed by atoms with Crippen LogP contribution in [0.25, 0.3) is 6.08 Å². The smallest absolute Gasteiger partial charge is 0.264 e. The van der Waals surface area contributed by atoms with Crippen molar-refractivity contribution in [3.05, 3.63) is 53.6 Å². The number of methoxy groups -OCH3 is 2. The summed E-state index contributed by atoms with van der Waals surface area (Å²) in [6.07, 6.45) is 3.44. The summed E-state index contributed by atoms with van der Waals surface area (Å²) in [5.74, 6) is 1.14. The third kappa shape index (κ3) is 7.70. The van der Waals surface area contributed by atoms with Gasteiger partial charge >= 0.3 is 0 Å². The van der Waals surface area contributed by atoms with E-state index in [0.717, 1.165) is 50.6 Å². The molecule has 2 heterocycles. The molecule has 2 fully saturated rings. The van der Waals surface area contributed by atoms with E-state index >= 15 is 0 Å². The van der Waals surface area contributed by atoms with Crippen LogP contribution in [0.1, 0.15) is 24.8 Å². The molecule has 10 nitrogen and oxygen atoms in total. The van der Waals surface area contributed by atoms with Gasteiger partial charge in [0.05, 0.1) is 26.5 Å². The van der Waals surface area contributed by atoms with Gasteiger partial charge in [-0.2, -0.15) is 5.26 Å². The third-order valence-electron chi connectivity index (χ3n) is 7.71. The Balaban J connectivity index is 1.29. The molecule has 2 aliphatic rings. The van der Waals surface area contributed by atoms with Gasteiger partial charge in [-0.1, -0.05) is 18.2 Å². The lowest BCUT2D eigenvalue weighted by atomic mass is 9.96. The lowest BCUT2D eigenvalue weighted by molar-refractivity contribution is -0.131. The first-order chi connectivity index (χ1) is 19.9. The molecule has 0 aromatic heterocycles. The fourth-order valence-electron chi connectivity index (χ4n) is 5.32. The highest BCUT2D eigenvalue weighted by atomic mass is 16.5. The number of nitriles is 1. The molecule has 0 radical (unpaired) electrons. The molecular weight excluding hydrogens is 522 g/mol. The Morgan fingerprint density at radius 2 is 1.68 bits per heavy atom. The molecule has 0 unspecified atom stereocenters. The minimum absolute atomic E-state index is 0.0332. The average molecular weight is 562 g/mol. The quantitative estimate of drug-likeness (QED) is 0.253. The van der Waals surface area contributed by atoms with Gasteiger partial charge in [0, 0.05) is 51.7 Å². The number of amides is 2. The molecule has 41 heavy (non-hydrogen) atoms. The fraction of sp³-hybridized carbons (Fsp3) is 0.452. The van der Waals surface area contributed by atoms with Gasteiger partial charge in [0.1, 0.15) is 17.4 Å². The average Bonchev–Trinajstić information content (AvgIpc) is 3.02. The number of nitrogens with two attached hydrogens (primary N) is 1. The summed E-state index contributed by atoms with van der Waals surface area (Å²) in [5, 5.41) is 9.69.